The van der Waals surface area contributed by atoms with Gasteiger partial charge in [-0.2, -0.15) is 0 Å². The van der Waals surface area contributed by atoms with Crippen LogP contribution in [-0.2, 0) is 14.3 Å². The maximum absolute atomic E-state index is 12.5. The van der Waals surface area contributed by atoms with Gasteiger partial charge in [-0.3, -0.25) is 9.59 Å². The molecule has 0 rings (SSSR count). The number of hydrogen-bond acceptors (Lipinski definition) is 5. The largest absolute Gasteiger partial charge is 0.466 e. The molecule has 348 valence electrons. The summed E-state index contributed by atoms with van der Waals surface area (Å²) in [6.07, 6.45) is 57.2. The molecule has 0 aromatic rings. The van der Waals surface area contributed by atoms with Gasteiger partial charge in [-0.25, -0.2) is 0 Å². The highest BCUT2D eigenvalue weighted by Crippen LogP contribution is 2.16. The molecule has 0 aromatic heterocycles. The molecule has 0 heterocycles. The van der Waals surface area contributed by atoms with Crippen LogP contribution < -0.4 is 5.32 Å². The van der Waals surface area contributed by atoms with Gasteiger partial charge in [0.05, 0.1) is 25.4 Å². The third-order valence-corrected chi connectivity index (χ3v) is 12.0. The zero-order chi connectivity index (χ0) is 43.0. The summed E-state index contributed by atoms with van der Waals surface area (Å²) >= 11 is 0. The molecule has 0 spiro atoms. The molecule has 0 radical (unpaired) electrons. The van der Waals surface area contributed by atoms with Crippen molar-refractivity contribution in [3.05, 3.63) is 24.3 Å². The van der Waals surface area contributed by atoms with Gasteiger partial charge in [0, 0.05) is 12.8 Å². The van der Waals surface area contributed by atoms with Crippen molar-refractivity contribution in [2.45, 2.75) is 289 Å². The van der Waals surface area contributed by atoms with Gasteiger partial charge >= 0.3 is 5.97 Å². The molecular formula is C53H101NO5. The maximum atomic E-state index is 12.5. The summed E-state index contributed by atoms with van der Waals surface area (Å²) in [6.45, 7) is 4.85. The Morgan fingerprint density at radius 3 is 1.22 bits per heavy atom. The first-order valence-corrected chi connectivity index (χ1v) is 26.1. The van der Waals surface area contributed by atoms with E-state index in [1.165, 1.54) is 167 Å². The molecule has 0 saturated heterocycles. The molecule has 3 N–H and O–H groups in total. The summed E-state index contributed by atoms with van der Waals surface area (Å²) in [5.41, 5.74) is 0. The van der Waals surface area contributed by atoms with Crippen molar-refractivity contribution in [1.82, 2.24) is 5.32 Å². The second kappa shape index (κ2) is 49.0. The van der Waals surface area contributed by atoms with E-state index in [1.807, 2.05) is 0 Å². The number of amides is 1. The normalized spacial score (nSPS) is 12.8. The van der Waals surface area contributed by atoms with Crippen LogP contribution in [0.2, 0.25) is 0 Å². The first-order chi connectivity index (χ1) is 29.0. The highest BCUT2D eigenvalue weighted by molar-refractivity contribution is 5.76. The van der Waals surface area contributed by atoms with Crippen molar-refractivity contribution in [2.75, 3.05) is 13.2 Å². The summed E-state index contributed by atoms with van der Waals surface area (Å²) in [6, 6.07) is -0.567. The molecule has 6 heteroatoms. The van der Waals surface area contributed by atoms with Gasteiger partial charge in [0.2, 0.25) is 5.91 Å². The Kier molecular flexibility index (Phi) is 47.6. The number of nitrogens with one attached hydrogen (secondary N) is 1. The molecular weight excluding hydrogens is 731 g/mol. The molecule has 6 nitrogen and oxygen atoms in total. The molecule has 2 atom stereocenters. The fourth-order valence-corrected chi connectivity index (χ4v) is 7.92. The van der Waals surface area contributed by atoms with E-state index in [2.05, 4.69) is 43.5 Å². The average Bonchev–Trinajstić information content (AvgIpc) is 3.24. The highest BCUT2D eigenvalue weighted by Gasteiger charge is 2.20. The van der Waals surface area contributed by atoms with Crippen molar-refractivity contribution in [3.8, 4) is 0 Å². The summed E-state index contributed by atoms with van der Waals surface area (Å²) < 4.78 is 5.42. The van der Waals surface area contributed by atoms with E-state index in [1.54, 1.807) is 0 Å². The van der Waals surface area contributed by atoms with E-state index in [0.29, 0.717) is 25.9 Å². The molecule has 0 aliphatic rings. The number of esters is 1. The zero-order valence-electron chi connectivity index (χ0n) is 39.5. The van der Waals surface area contributed by atoms with Crippen LogP contribution in [0.15, 0.2) is 24.3 Å². The fourth-order valence-electron chi connectivity index (χ4n) is 7.92. The first kappa shape index (κ1) is 57.3. The standard InChI is InChI=1S/C53H101NO5/c1-3-5-7-9-11-13-15-17-18-19-20-21-22-24-25-29-33-37-41-45-51(56)50(49-55)54-52(57)46-42-38-34-30-27-28-32-36-40-44-48-59-53(58)47-43-39-35-31-26-23-16-14-12-10-8-6-4-2/h14,16,28,32,50-51,55-56H,3-13,15,17-27,29-31,33-49H2,1-2H3,(H,54,57)/b16-14-,32-28-. The number of aliphatic hydroxyl groups is 2. The van der Waals surface area contributed by atoms with Crippen LogP contribution in [0.25, 0.3) is 0 Å². The predicted molar refractivity (Wildman–Crippen MR) is 255 cm³/mol. The number of carbonyl (C=O) groups excluding carboxylic acids is 2. The van der Waals surface area contributed by atoms with Crippen LogP contribution in [-0.4, -0.2) is 47.4 Å². The Hall–Kier alpha value is -1.66. The Morgan fingerprint density at radius 1 is 0.458 bits per heavy atom. The SMILES string of the molecule is CCCCCC/C=C\CCCCCCCC(=O)OCCCC/C=C\CCCCCCC(=O)NC(CO)C(O)CCCCCCCCCCCCCCCCCCCCC. The van der Waals surface area contributed by atoms with Crippen LogP contribution in [0.4, 0.5) is 0 Å². The molecule has 0 aliphatic heterocycles. The minimum atomic E-state index is -0.686. The Labute approximate surface area is 367 Å². The Balaban J connectivity index is 3.53. The van der Waals surface area contributed by atoms with Gasteiger partial charge in [-0.15, -0.1) is 0 Å². The van der Waals surface area contributed by atoms with E-state index in [4.69, 9.17) is 4.74 Å². The second-order valence-electron chi connectivity index (χ2n) is 17.8. The second-order valence-corrected chi connectivity index (χ2v) is 17.8. The van der Waals surface area contributed by atoms with Crippen molar-refractivity contribution >= 4 is 11.9 Å². The fraction of sp³-hybridized carbons (Fsp3) is 0.887. The molecule has 1 amide bonds. The van der Waals surface area contributed by atoms with Crippen LogP contribution in [0.3, 0.4) is 0 Å². The molecule has 0 bridgehead atoms. The van der Waals surface area contributed by atoms with E-state index in [0.717, 1.165) is 77.0 Å². The molecule has 2 unspecified atom stereocenters. The molecule has 0 aromatic carbocycles. The predicted octanol–water partition coefficient (Wildman–Crippen LogP) is 15.5. The number of carbonyl (C=O) groups is 2. The summed E-state index contributed by atoms with van der Waals surface area (Å²) in [5, 5.41) is 23.2. The van der Waals surface area contributed by atoms with Gasteiger partial charge in [0.15, 0.2) is 0 Å². The number of hydrogen-bond donors (Lipinski definition) is 3. The quantitative estimate of drug-likeness (QED) is 0.0322. The lowest BCUT2D eigenvalue weighted by Gasteiger charge is -2.22. The minimum absolute atomic E-state index is 0.0454. The third-order valence-electron chi connectivity index (χ3n) is 12.0. The van der Waals surface area contributed by atoms with Gasteiger partial charge in [-0.1, -0.05) is 212 Å². The first-order valence-electron chi connectivity index (χ1n) is 26.1. The van der Waals surface area contributed by atoms with Gasteiger partial charge in [0.25, 0.3) is 0 Å². The molecule has 0 aliphatic carbocycles. The molecule has 0 saturated carbocycles. The number of unbranched alkanes of at least 4 members (excludes halogenated alkanes) is 33. The third kappa shape index (κ3) is 45.7. The zero-order valence-corrected chi connectivity index (χ0v) is 39.5. The van der Waals surface area contributed by atoms with Crippen LogP contribution >= 0.6 is 0 Å². The van der Waals surface area contributed by atoms with E-state index < -0.39 is 12.1 Å². The molecule has 0 fully saturated rings. The average molecular weight is 832 g/mol. The molecule has 59 heavy (non-hydrogen) atoms. The van der Waals surface area contributed by atoms with Crippen molar-refractivity contribution in [3.63, 3.8) is 0 Å². The smallest absolute Gasteiger partial charge is 0.305 e. The van der Waals surface area contributed by atoms with E-state index in [9.17, 15) is 19.8 Å². The number of ether oxygens (including phenoxy) is 1. The van der Waals surface area contributed by atoms with E-state index in [-0.39, 0.29) is 18.5 Å². The van der Waals surface area contributed by atoms with Gasteiger partial charge < -0.3 is 20.3 Å². The van der Waals surface area contributed by atoms with Gasteiger partial charge in [0.1, 0.15) is 0 Å². The summed E-state index contributed by atoms with van der Waals surface area (Å²) in [4.78, 5) is 24.5. The van der Waals surface area contributed by atoms with Crippen molar-refractivity contribution < 1.29 is 24.5 Å². The Bertz CT molecular complexity index is 920. The number of aliphatic hydroxyl groups excluding tert-OH is 2. The minimum Gasteiger partial charge on any atom is -0.466 e. The van der Waals surface area contributed by atoms with Crippen molar-refractivity contribution in [1.29, 1.82) is 0 Å². The lowest BCUT2D eigenvalue weighted by atomic mass is 10.0. The summed E-state index contributed by atoms with van der Waals surface area (Å²) in [7, 11) is 0. The Morgan fingerprint density at radius 2 is 0.797 bits per heavy atom. The van der Waals surface area contributed by atoms with Gasteiger partial charge in [-0.05, 0) is 77.0 Å². The lowest BCUT2D eigenvalue weighted by Crippen LogP contribution is -2.45. The van der Waals surface area contributed by atoms with Crippen LogP contribution in [0.1, 0.15) is 277 Å². The summed E-state index contributed by atoms with van der Waals surface area (Å²) in [5.74, 6) is -0.115. The van der Waals surface area contributed by atoms with Crippen LogP contribution in [0.5, 0.6) is 0 Å². The van der Waals surface area contributed by atoms with E-state index >= 15 is 0 Å². The van der Waals surface area contributed by atoms with Crippen molar-refractivity contribution in [2.24, 2.45) is 0 Å². The monoisotopic (exact) mass is 832 g/mol. The topological polar surface area (TPSA) is 95.9 Å². The number of rotatable bonds is 48. The highest BCUT2D eigenvalue weighted by atomic mass is 16.5. The maximum Gasteiger partial charge on any atom is 0.305 e. The number of allylic oxidation sites excluding steroid dienone is 4. The lowest BCUT2D eigenvalue weighted by molar-refractivity contribution is -0.143. The van der Waals surface area contributed by atoms with Crippen LogP contribution in [0, 0.1) is 0 Å².